The lowest BCUT2D eigenvalue weighted by atomic mass is 10.1. The standard InChI is InChI=1S/C15H11F2NO2/c1-9(19)11-4-2-3-5-14(11)18-15(20)12-7-6-10(16)8-13(12)17/h2-8H,1H3,(H,18,20). The van der Waals surface area contributed by atoms with E-state index in [1.54, 1.807) is 18.2 Å². The Bertz CT molecular complexity index is 683. The van der Waals surface area contributed by atoms with Crippen LogP contribution in [0.4, 0.5) is 14.5 Å². The molecule has 0 aliphatic carbocycles. The molecule has 0 unspecified atom stereocenters. The number of hydrogen-bond donors (Lipinski definition) is 1. The Morgan fingerprint density at radius 3 is 2.35 bits per heavy atom. The Morgan fingerprint density at radius 1 is 1.00 bits per heavy atom. The minimum Gasteiger partial charge on any atom is -0.321 e. The Kier molecular flexibility index (Phi) is 3.89. The van der Waals surface area contributed by atoms with Crippen LogP contribution in [-0.4, -0.2) is 11.7 Å². The van der Waals surface area contributed by atoms with E-state index in [1.807, 2.05) is 0 Å². The molecular formula is C15H11F2NO2. The summed E-state index contributed by atoms with van der Waals surface area (Å²) in [5.74, 6) is -2.68. The van der Waals surface area contributed by atoms with Crippen molar-refractivity contribution in [2.45, 2.75) is 6.92 Å². The molecule has 0 saturated heterocycles. The van der Waals surface area contributed by atoms with Gasteiger partial charge in [-0.1, -0.05) is 12.1 Å². The number of carbonyl (C=O) groups is 2. The van der Waals surface area contributed by atoms with E-state index >= 15 is 0 Å². The highest BCUT2D eigenvalue weighted by Gasteiger charge is 2.15. The maximum atomic E-state index is 13.5. The van der Waals surface area contributed by atoms with Crippen molar-refractivity contribution in [3.8, 4) is 0 Å². The number of nitrogens with one attached hydrogen (secondary N) is 1. The molecule has 5 heteroatoms. The van der Waals surface area contributed by atoms with Gasteiger partial charge in [0.15, 0.2) is 5.78 Å². The second-order valence-corrected chi connectivity index (χ2v) is 4.18. The maximum Gasteiger partial charge on any atom is 0.258 e. The monoisotopic (exact) mass is 275 g/mol. The first kappa shape index (κ1) is 13.9. The van der Waals surface area contributed by atoms with Crippen LogP contribution in [0.1, 0.15) is 27.6 Å². The molecule has 0 aromatic heterocycles. The smallest absolute Gasteiger partial charge is 0.258 e. The van der Waals surface area contributed by atoms with Gasteiger partial charge in [0.2, 0.25) is 0 Å². The van der Waals surface area contributed by atoms with Crippen LogP contribution in [0.2, 0.25) is 0 Å². The Balaban J connectivity index is 2.30. The van der Waals surface area contributed by atoms with Crippen molar-refractivity contribution in [1.82, 2.24) is 0 Å². The topological polar surface area (TPSA) is 46.2 Å². The highest BCUT2D eigenvalue weighted by Crippen LogP contribution is 2.18. The van der Waals surface area contributed by atoms with Gasteiger partial charge in [-0.15, -0.1) is 0 Å². The van der Waals surface area contributed by atoms with Gasteiger partial charge in [-0.25, -0.2) is 8.78 Å². The average molecular weight is 275 g/mol. The van der Waals surface area contributed by atoms with Gasteiger partial charge in [-0.3, -0.25) is 9.59 Å². The van der Waals surface area contributed by atoms with Crippen LogP contribution < -0.4 is 5.32 Å². The Labute approximate surface area is 114 Å². The number of halogens is 2. The third kappa shape index (κ3) is 2.88. The van der Waals surface area contributed by atoms with Gasteiger partial charge in [-0.2, -0.15) is 0 Å². The number of amides is 1. The molecule has 0 heterocycles. The summed E-state index contributed by atoms with van der Waals surface area (Å²) in [5.41, 5.74) is 0.321. The SMILES string of the molecule is CC(=O)c1ccccc1NC(=O)c1ccc(F)cc1F. The first-order valence-corrected chi connectivity index (χ1v) is 5.85. The van der Waals surface area contributed by atoms with Crippen LogP contribution in [0.15, 0.2) is 42.5 Å². The van der Waals surface area contributed by atoms with Crippen molar-refractivity contribution in [1.29, 1.82) is 0 Å². The summed E-state index contributed by atoms with van der Waals surface area (Å²) < 4.78 is 26.3. The molecule has 0 spiro atoms. The average Bonchev–Trinajstić information content (AvgIpc) is 2.38. The van der Waals surface area contributed by atoms with Gasteiger partial charge in [0.1, 0.15) is 11.6 Å². The van der Waals surface area contributed by atoms with Crippen molar-refractivity contribution in [2.75, 3.05) is 5.32 Å². The number of ketones is 1. The van der Waals surface area contributed by atoms with Gasteiger partial charge in [0.25, 0.3) is 5.91 Å². The molecule has 1 N–H and O–H groups in total. The lowest BCUT2D eigenvalue weighted by molar-refractivity contribution is 0.101. The quantitative estimate of drug-likeness (QED) is 0.872. The van der Waals surface area contributed by atoms with E-state index in [0.717, 1.165) is 12.1 Å². The number of para-hydroxylation sites is 1. The highest BCUT2D eigenvalue weighted by atomic mass is 19.1. The van der Waals surface area contributed by atoms with Crippen molar-refractivity contribution < 1.29 is 18.4 Å². The first-order chi connectivity index (χ1) is 9.49. The summed E-state index contributed by atoms with van der Waals surface area (Å²) in [5, 5.41) is 2.45. The van der Waals surface area contributed by atoms with Crippen molar-refractivity contribution in [2.24, 2.45) is 0 Å². The Morgan fingerprint density at radius 2 is 1.70 bits per heavy atom. The zero-order valence-corrected chi connectivity index (χ0v) is 10.6. The molecule has 3 nitrogen and oxygen atoms in total. The van der Waals surface area contributed by atoms with Crippen LogP contribution in [-0.2, 0) is 0 Å². The van der Waals surface area contributed by atoms with E-state index < -0.39 is 17.5 Å². The largest absolute Gasteiger partial charge is 0.321 e. The molecule has 0 aliphatic heterocycles. The fraction of sp³-hybridized carbons (Fsp3) is 0.0667. The number of Topliss-reactive ketones (excluding diaryl/α,β-unsaturated/α-hetero) is 1. The lowest BCUT2D eigenvalue weighted by Gasteiger charge is -2.09. The molecule has 0 aliphatic rings. The number of rotatable bonds is 3. The van der Waals surface area contributed by atoms with Crippen LogP contribution in [0.25, 0.3) is 0 Å². The second-order valence-electron chi connectivity index (χ2n) is 4.18. The van der Waals surface area contributed by atoms with E-state index in [9.17, 15) is 18.4 Å². The van der Waals surface area contributed by atoms with Gasteiger partial charge in [0, 0.05) is 11.6 Å². The van der Waals surface area contributed by atoms with Crippen LogP contribution in [0, 0.1) is 11.6 Å². The van der Waals surface area contributed by atoms with Crippen molar-refractivity contribution >= 4 is 17.4 Å². The molecule has 0 radical (unpaired) electrons. The summed E-state index contributed by atoms with van der Waals surface area (Å²) >= 11 is 0. The van der Waals surface area contributed by atoms with E-state index in [4.69, 9.17) is 0 Å². The molecule has 0 fully saturated rings. The van der Waals surface area contributed by atoms with E-state index in [1.165, 1.54) is 13.0 Å². The molecule has 1 amide bonds. The van der Waals surface area contributed by atoms with E-state index in [-0.39, 0.29) is 17.0 Å². The van der Waals surface area contributed by atoms with Gasteiger partial charge < -0.3 is 5.32 Å². The molecule has 20 heavy (non-hydrogen) atoms. The third-order valence-electron chi connectivity index (χ3n) is 2.73. The number of anilines is 1. The normalized spacial score (nSPS) is 10.2. The lowest BCUT2D eigenvalue weighted by Crippen LogP contribution is -2.15. The maximum absolute atomic E-state index is 13.5. The molecule has 0 bridgehead atoms. The van der Waals surface area contributed by atoms with E-state index in [2.05, 4.69) is 5.32 Å². The van der Waals surface area contributed by atoms with Gasteiger partial charge in [-0.05, 0) is 31.2 Å². The summed E-state index contributed by atoms with van der Waals surface area (Å²) in [7, 11) is 0. The fourth-order valence-electron chi connectivity index (χ4n) is 1.76. The summed E-state index contributed by atoms with van der Waals surface area (Å²) in [4.78, 5) is 23.4. The first-order valence-electron chi connectivity index (χ1n) is 5.85. The molecule has 2 aromatic carbocycles. The van der Waals surface area contributed by atoms with Crippen LogP contribution in [0.5, 0.6) is 0 Å². The molecule has 2 aromatic rings. The molecule has 102 valence electrons. The summed E-state index contributed by atoms with van der Waals surface area (Å²) in [6.45, 7) is 1.36. The van der Waals surface area contributed by atoms with Crippen LogP contribution in [0.3, 0.4) is 0 Å². The number of benzene rings is 2. The summed E-state index contributed by atoms with van der Waals surface area (Å²) in [6.07, 6.45) is 0. The highest BCUT2D eigenvalue weighted by molar-refractivity contribution is 6.09. The second kappa shape index (κ2) is 5.61. The molecule has 0 atom stereocenters. The predicted octanol–water partition coefficient (Wildman–Crippen LogP) is 3.42. The molecule has 2 rings (SSSR count). The zero-order valence-electron chi connectivity index (χ0n) is 10.6. The van der Waals surface area contributed by atoms with Crippen molar-refractivity contribution in [3.63, 3.8) is 0 Å². The third-order valence-corrected chi connectivity index (χ3v) is 2.73. The molecule has 0 saturated carbocycles. The minimum atomic E-state index is -0.956. The number of carbonyl (C=O) groups excluding carboxylic acids is 2. The van der Waals surface area contributed by atoms with Crippen molar-refractivity contribution in [3.05, 3.63) is 65.2 Å². The fourth-order valence-corrected chi connectivity index (χ4v) is 1.76. The Hall–Kier alpha value is -2.56. The minimum absolute atomic E-state index is 0.222. The van der Waals surface area contributed by atoms with Gasteiger partial charge in [0.05, 0.1) is 11.3 Å². The van der Waals surface area contributed by atoms with Gasteiger partial charge >= 0.3 is 0 Å². The zero-order chi connectivity index (χ0) is 14.7. The summed E-state index contributed by atoms with van der Waals surface area (Å²) in [6, 6.07) is 9.07. The number of hydrogen-bond acceptors (Lipinski definition) is 2. The van der Waals surface area contributed by atoms with E-state index in [0.29, 0.717) is 11.6 Å². The molecular weight excluding hydrogens is 264 g/mol. The predicted molar refractivity (Wildman–Crippen MR) is 70.8 cm³/mol. The van der Waals surface area contributed by atoms with Crippen LogP contribution >= 0.6 is 0 Å².